The maximum atomic E-state index is 11.8. The molecule has 1 aromatic heterocycles. The highest BCUT2D eigenvalue weighted by atomic mass is 35.5. The molecular formula is C9H11ClN2OS. The summed E-state index contributed by atoms with van der Waals surface area (Å²) >= 11 is 6.92. The zero-order valence-corrected chi connectivity index (χ0v) is 9.44. The van der Waals surface area contributed by atoms with Crippen molar-refractivity contribution in [2.24, 2.45) is 5.92 Å². The van der Waals surface area contributed by atoms with Gasteiger partial charge in [-0.05, 0) is 12.3 Å². The first-order valence-corrected chi connectivity index (χ1v) is 5.77. The van der Waals surface area contributed by atoms with Gasteiger partial charge in [-0.3, -0.25) is 4.79 Å². The fourth-order valence-electron chi connectivity index (χ4n) is 1.63. The zero-order chi connectivity index (χ0) is 10.1. The molecule has 1 atom stereocenters. The number of nitrogens with zero attached hydrogens (tertiary/aromatic N) is 2. The molecule has 1 saturated heterocycles. The van der Waals surface area contributed by atoms with Crippen LogP contribution in [0.25, 0.3) is 0 Å². The molecule has 1 aliphatic rings. The van der Waals surface area contributed by atoms with E-state index in [9.17, 15) is 4.79 Å². The Kier molecular flexibility index (Phi) is 2.74. The largest absolute Gasteiger partial charge is 0.338 e. The number of carbonyl (C=O) groups is 1. The molecule has 0 radical (unpaired) electrons. The van der Waals surface area contributed by atoms with Gasteiger partial charge in [0.2, 0.25) is 0 Å². The van der Waals surface area contributed by atoms with Crippen LogP contribution >= 0.6 is 22.9 Å². The van der Waals surface area contributed by atoms with E-state index >= 15 is 0 Å². The highest BCUT2D eigenvalue weighted by molar-refractivity contribution is 7.17. The minimum absolute atomic E-state index is 0.0683. The van der Waals surface area contributed by atoms with Crippen LogP contribution in [-0.4, -0.2) is 28.9 Å². The lowest BCUT2D eigenvalue weighted by atomic mass is 10.2. The molecule has 3 nitrogen and oxygen atoms in total. The van der Waals surface area contributed by atoms with Gasteiger partial charge >= 0.3 is 0 Å². The van der Waals surface area contributed by atoms with E-state index in [1.165, 1.54) is 11.3 Å². The Labute approximate surface area is 91.7 Å². The molecule has 1 amide bonds. The molecule has 5 heteroatoms. The van der Waals surface area contributed by atoms with Crippen LogP contribution in [0.2, 0.25) is 4.47 Å². The minimum Gasteiger partial charge on any atom is -0.338 e. The van der Waals surface area contributed by atoms with Crippen molar-refractivity contribution < 1.29 is 4.79 Å². The highest BCUT2D eigenvalue weighted by Gasteiger charge is 2.25. The van der Waals surface area contributed by atoms with Crippen LogP contribution in [0.1, 0.15) is 23.0 Å². The maximum absolute atomic E-state index is 11.8. The van der Waals surface area contributed by atoms with Gasteiger partial charge in [0.25, 0.3) is 5.91 Å². The van der Waals surface area contributed by atoms with Gasteiger partial charge < -0.3 is 4.90 Å². The second-order valence-corrected chi connectivity index (χ2v) is 5.24. The van der Waals surface area contributed by atoms with Crippen molar-refractivity contribution in [2.75, 3.05) is 13.1 Å². The number of aromatic nitrogens is 1. The lowest BCUT2D eigenvalue weighted by Crippen LogP contribution is -2.27. The van der Waals surface area contributed by atoms with Gasteiger partial charge in [-0.2, -0.15) is 0 Å². The number of halogens is 1. The molecule has 76 valence electrons. The number of hydrogen-bond donors (Lipinski definition) is 0. The summed E-state index contributed by atoms with van der Waals surface area (Å²) < 4.78 is 0.431. The molecular weight excluding hydrogens is 220 g/mol. The molecule has 2 heterocycles. The molecule has 0 saturated carbocycles. The molecule has 0 bridgehead atoms. The van der Waals surface area contributed by atoms with Crippen molar-refractivity contribution in [1.29, 1.82) is 0 Å². The van der Waals surface area contributed by atoms with E-state index in [4.69, 9.17) is 11.6 Å². The first-order valence-electron chi connectivity index (χ1n) is 4.57. The smallest absolute Gasteiger partial charge is 0.265 e. The van der Waals surface area contributed by atoms with Gasteiger partial charge in [-0.15, -0.1) is 0 Å². The average Bonchev–Trinajstić information content (AvgIpc) is 2.73. The fraction of sp³-hybridized carbons (Fsp3) is 0.556. The van der Waals surface area contributed by atoms with Gasteiger partial charge in [0, 0.05) is 13.1 Å². The van der Waals surface area contributed by atoms with Gasteiger partial charge in [0.15, 0.2) is 4.47 Å². The summed E-state index contributed by atoms with van der Waals surface area (Å²) in [5.74, 6) is 0.682. The normalized spacial score (nSPS) is 21.6. The predicted molar refractivity (Wildman–Crippen MR) is 56.8 cm³/mol. The molecule has 1 fully saturated rings. The number of carbonyl (C=O) groups excluding carboxylic acids is 1. The Balaban J connectivity index is 2.09. The van der Waals surface area contributed by atoms with Crippen molar-refractivity contribution in [1.82, 2.24) is 9.88 Å². The molecule has 0 spiro atoms. The van der Waals surface area contributed by atoms with Crippen LogP contribution in [-0.2, 0) is 0 Å². The molecule has 0 aliphatic carbocycles. The van der Waals surface area contributed by atoms with Crippen LogP contribution in [0, 0.1) is 5.92 Å². The van der Waals surface area contributed by atoms with E-state index < -0.39 is 0 Å². The summed E-state index contributed by atoms with van der Waals surface area (Å²) in [6, 6.07) is 0. The number of likely N-dealkylation sites (tertiary alicyclic amines) is 1. The van der Waals surface area contributed by atoms with Gasteiger partial charge in [0.05, 0.1) is 6.20 Å². The Bertz CT molecular complexity index is 352. The first-order chi connectivity index (χ1) is 6.66. The second kappa shape index (κ2) is 3.87. The lowest BCUT2D eigenvalue weighted by Gasteiger charge is -2.13. The Morgan fingerprint density at radius 3 is 3.07 bits per heavy atom. The van der Waals surface area contributed by atoms with Crippen LogP contribution in [0.3, 0.4) is 0 Å². The van der Waals surface area contributed by atoms with Crippen molar-refractivity contribution in [3.63, 3.8) is 0 Å². The Morgan fingerprint density at radius 1 is 1.79 bits per heavy atom. The van der Waals surface area contributed by atoms with Crippen LogP contribution < -0.4 is 0 Å². The average molecular weight is 231 g/mol. The van der Waals surface area contributed by atoms with E-state index in [-0.39, 0.29) is 5.91 Å². The minimum atomic E-state index is 0.0683. The van der Waals surface area contributed by atoms with Gasteiger partial charge in [0.1, 0.15) is 4.88 Å². The molecule has 1 aliphatic heterocycles. The van der Waals surface area contributed by atoms with Gasteiger partial charge in [-0.25, -0.2) is 4.98 Å². The fourth-order valence-corrected chi connectivity index (χ4v) is 2.53. The monoisotopic (exact) mass is 230 g/mol. The summed E-state index contributed by atoms with van der Waals surface area (Å²) in [5, 5.41) is 0. The third-order valence-corrected chi connectivity index (χ3v) is 3.50. The summed E-state index contributed by atoms with van der Waals surface area (Å²) in [5.41, 5.74) is 0. The Morgan fingerprint density at radius 2 is 2.57 bits per heavy atom. The summed E-state index contributed by atoms with van der Waals surface area (Å²) in [6.45, 7) is 3.87. The Hall–Kier alpha value is -0.610. The standard InChI is InChI=1S/C9H11ClN2OS/c1-6-2-3-12(5-6)8(13)7-4-11-9(10)14-7/h4,6H,2-3,5H2,1H3. The van der Waals surface area contributed by atoms with E-state index in [2.05, 4.69) is 11.9 Å². The van der Waals surface area contributed by atoms with Crippen LogP contribution in [0.5, 0.6) is 0 Å². The van der Waals surface area contributed by atoms with Crippen LogP contribution in [0.4, 0.5) is 0 Å². The topological polar surface area (TPSA) is 33.2 Å². The maximum Gasteiger partial charge on any atom is 0.265 e. The zero-order valence-electron chi connectivity index (χ0n) is 7.86. The molecule has 1 unspecified atom stereocenters. The summed E-state index contributed by atoms with van der Waals surface area (Å²) in [6.07, 6.45) is 2.65. The van der Waals surface area contributed by atoms with Crippen molar-refractivity contribution in [3.05, 3.63) is 15.5 Å². The summed E-state index contributed by atoms with van der Waals surface area (Å²) in [7, 11) is 0. The molecule has 0 aromatic carbocycles. The number of amides is 1. The SMILES string of the molecule is CC1CCN(C(=O)c2cnc(Cl)s2)C1. The third kappa shape index (κ3) is 1.91. The summed E-state index contributed by atoms with van der Waals surface area (Å²) in [4.78, 5) is 18.2. The van der Waals surface area contributed by atoms with Crippen molar-refractivity contribution in [2.45, 2.75) is 13.3 Å². The highest BCUT2D eigenvalue weighted by Crippen LogP contribution is 2.22. The number of thiazole rings is 1. The molecule has 2 rings (SSSR count). The number of rotatable bonds is 1. The van der Waals surface area contributed by atoms with Crippen LogP contribution in [0.15, 0.2) is 6.20 Å². The molecule has 14 heavy (non-hydrogen) atoms. The molecule has 0 N–H and O–H groups in total. The predicted octanol–water partition coefficient (Wildman–Crippen LogP) is 2.28. The molecule has 1 aromatic rings. The quantitative estimate of drug-likeness (QED) is 0.742. The van der Waals surface area contributed by atoms with E-state index in [0.717, 1.165) is 19.5 Å². The van der Waals surface area contributed by atoms with E-state index in [1.54, 1.807) is 6.20 Å². The lowest BCUT2D eigenvalue weighted by molar-refractivity contribution is 0.0792. The van der Waals surface area contributed by atoms with Gasteiger partial charge in [-0.1, -0.05) is 29.9 Å². The number of hydrogen-bond acceptors (Lipinski definition) is 3. The van der Waals surface area contributed by atoms with Crippen molar-refractivity contribution >= 4 is 28.8 Å². The van der Waals surface area contributed by atoms with E-state index in [1.807, 2.05) is 4.90 Å². The third-order valence-electron chi connectivity index (χ3n) is 2.40. The second-order valence-electron chi connectivity index (χ2n) is 3.62. The van der Waals surface area contributed by atoms with E-state index in [0.29, 0.717) is 15.3 Å². The first kappa shape index (κ1) is 9.93. The van der Waals surface area contributed by atoms with Crippen molar-refractivity contribution in [3.8, 4) is 0 Å².